The standard InChI is InChI=1S/C23H29N3O2/c1-15(2)19-7-5-6-17(4)21(19)25-22(27)18-8-11-24-20(14-18)23(28)26-12-9-16(3)10-13-26/h5-8,11,14-16H,9-10,12-13H2,1-4H3,(H,25,27). The molecule has 2 aromatic rings. The molecule has 0 saturated carbocycles. The van der Waals surface area contributed by atoms with Gasteiger partial charge in [-0.1, -0.05) is 39.0 Å². The van der Waals surface area contributed by atoms with Crippen LogP contribution in [0.3, 0.4) is 0 Å². The Hall–Kier alpha value is -2.69. The number of nitrogens with one attached hydrogen (secondary N) is 1. The third-order valence-corrected chi connectivity index (χ3v) is 5.48. The average Bonchev–Trinajstić information content (AvgIpc) is 2.69. The average molecular weight is 380 g/mol. The van der Waals surface area contributed by atoms with Crippen molar-refractivity contribution in [2.24, 2.45) is 5.92 Å². The maximum absolute atomic E-state index is 12.9. The van der Waals surface area contributed by atoms with E-state index in [1.807, 2.05) is 30.0 Å². The molecule has 1 aromatic carbocycles. The van der Waals surface area contributed by atoms with Crippen molar-refractivity contribution in [3.63, 3.8) is 0 Å². The summed E-state index contributed by atoms with van der Waals surface area (Å²) < 4.78 is 0. The largest absolute Gasteiger partial charge is 0.337 e. The fourth-order valence-electron chi connectivity index (χ4n) is 3.59. The molecule has 2 heterocycles. The third-order valence-electron chi connectivity index (χ3n) is 5.48. The van der Waals surface area contributed by atoms with Crippen LogP contribution in [-0.4, -0.2) is 34.8 Å². The first-order valence-electron chi connectivity index (χ1n) is 10.0. The number of aromatic nitrogens is 1. The highest BCUT2D eigenvalue weighted by Gasteiger charge is 2.23. The Labute approximate surface area is 167 Å². The SMILES string of the molecule is Cc1cccc(C(C)C)c1NC(=O)c1ccnc(C(=O)N2CCC(C)CC2)c1. The minimum atomic E-state index is -0.222. The second-order valence-electron chi connectivity index (χ2n) is 8.05. The van der Waals surface area contributed by atoms with Gasteiger partial charge in [-0.05, 0) is 54.9 Å². The van der Waals surface area contributed by atoms with E-state index in [4.69, 9.17) is 0 Å². The number of hydrogen-bond acceptors (Lipinski definition) is 3. The zero-order valence-corrected chi connectivity index (χ0v) is 17.2. The summed E-state index contributed by atoms with van der Waals surface area (Å²) in [7, 11) is 0. The first-order chi connectivity index (χ1) is 13.4. The van der Waals surface area contributed by atoms with Crippen LogP contribution in [0.1, 0.15) is 71.5 Å². The molecule has 28 heavy (non-hydrogen) atoms. The Morgan fingerprint density at radius 2 is 1.89 bits per heavy atom. The molecule has 5 nitrogen and oxygen atoms in total. The summed E-state index contributed by atoms with van der Waals surface area (Å²) in [6.07, 6.45) is 3.56. The van der Waals surface area contributed by atoms with Gasteiger partial charge in [0.1, 0.15) is 5.69 Å². The number of piperidine rings is 1. The van der Waals surface area contributed by atoms with Crippen LogP contribution in [0.2, 0.25) is 0 Å². The molecule has 0 radical (unpaired) electrons. The summed E-state index contributed by atoms with van der Waals surface area (Å²) >= 11 is 0. The monoisotopic (exact) mass is 379 g/mol. The van der Waals surface area contributed by atoms with Crippen molar-refractivity contribution in [1.82, 2.24) is 9.88 Å². The minimum Gasteiger partial charge on any atom is -0.337 e. The second-order valence-corrected chi connectivity index (χ2v) is 8.05. The van der Waals surface area contributed by atoms with Gasteiger partial charge in [0.05, 0.1) is 0 Å². The summed E-state index contributed by atoms with van der Waals surface area (Å²) in [6.45, 7) is 9.90. The molecular formula is C23H29N3O2. The summed E-state index contributed by atoms with van der Waals surface area (Å²) in [4.78, 5) is 31.7. The molecule has 5 heteroatoms. The molecule has 2 amide bonds. The molecule has 0 aliphatic carbocycles. The van der Waals surface area contributed by atoms with Crippen LogP contribution in [0.4, 0.5) is 5.69 Å². The van der Waals surface area contributed by atoms with E-state index in [-0.39, 0.29) is 11.8 Å². The van der Waals surface area contributed by atoms with Crippen molar-refractivity contribution >= 4 is 17.5 Å². The lowest BCUT2D eigenvalue weighted by molar-refractivity contribution is 0.0691. The summed E-state index contributed by atoms with van der Waals surface area (Å²) in [5.74, 6) is 0.630. The smallest absolute Gasteiger partial charge is 0.272 e. The number of carbonyl (C=O) groups is 2. The lowest BCUT2D eigenvalue weighted by Gasteiger charge is -2.30. The van der Waals surface area contributed by atoms with Gasteiger partial charge in [0, 0.05) is 30.5 Å². The number of carbonyl (C=O) groups excluding carboxylic acids is 2. The number of hydrogen-bond donors (Lipinski definition) is 1. The van der Waals surface area contributed by atoms with Crippen molar-refractivity contribution < 1.29 is 9.59 Å². The van der Waals surface area contributed by atoms with Crippen molar-refractivity contribution in [2.45, 2.75) is 46.5 Å². The van der Waals surface area contributed by atoms with Crippen molar-refractivity contribution in [2.75, 3.05) is 18.4 Å². The number of benzene rings is 1. The molecule has 0 atom stereocenters. The molecule has 1 aliphatic rings. The van der Waals surface area contributed by atoms with Crippen LogP contribution < -0.4 is 5.32 Å². The van der Waals surface area contributed by atoms with Gasteiger partial charge in [-0.25, -0.2) is 0 Å². The maximum atomic E-state index is 12.9. The Bertz CT molecular complexity index is 868. The van der Waals surface area contributed by atoms with Crippen LogP contribution in [-0.2, 0) is 0 Å². The molecule has 0 spiro atoms. The first-order valence-corrected chi connectivity index (χ1v) is 10.0. The highest BCUT2D eigenvalue weighted by atomic mass is 16.2. The zero-order valence-electron chi connectivity index (χ0n) is 17.2. The molecule has 1 fully saturated rings. The number of nitrogens with zero attached hydrogens (tertiary/aromatic N) is 2. The lowest BCUT2D eigenvalue weighted by Crippen LogP contribution is -2.38. The van der Waals surface area contributed by atoms with Gasteiger partial charge in [0.25, 0.3) is 11.8 Å². The van der Waals surface area contributed by atoms with Gasteiger partial charge in [-0.2, -0.15) is 0 Å². The number of para-hydroxylation sites is 1. The van der Waals surface area contributed by atoms with E-state index < -0.39 is 0 Å². The Kier molecular flexibility index (Phi) is 6.12. The quantitative estimate of drug-likeness (QED) is 0.842. The number of pyridine rings is 1. The number of likely N-dealkylation sites (tertiary alicyclic amines) is 1. The lowest BCUT2D eigenvalue weighted by atomic mass is 9.98. The van der Waals surface area contributed by atoms with E-state index in [1.165, 1.54) is 6.20 Å². The predicted molar refractivity (Wildman–Crippen MR) is 112 cm³/mol. The summed E-state index contributed by atoms with van der Waals surface area (Å²) in [6, 6.07) is 9.27. The molecule has 1 aromatic heterocycles. The highest BCUT2D eigenvalue weighted by molar-refractivity contribution is 6.06. The van der Waals surface area contributed by atoms with Gasteiger partial charge >= 0.3 is 0 Å². The van der Waals surface area contributed by atoms with Gasteiger partial charge in [0.2, 0.25) is 0 Å². The molecule has 0 bridgehead atoms. The van der Waals surface area contributed by atoms with Crippen molar-refractivity contribution in [1.29, 1.82) is 0 Å². The van der Waals surface area contributed by atoms with Gasteiger partial charge in [0.15, 0.2) is 0 Å². The topological polar surface area (TPSA) is 62.3 Å². The molecule has 1 aliphatic heterocycles. The molecule has 1 saturated heterocycles. The zero-order chi connectivity index (χ0) is 20.3. The van der Waals surface area contributed by atoms with E-state index in [0.717, 1.165) is 42.7 Å². The Morgan fingerprint density at radius 3 is 2.57 bits per heavy atom. The Morgan fingerprint density at radius 1 is 1.18 bits per heavy atom. The van der Waals surface area contributed by atoms with Gasteiger partial charge in [-0.3, -0.25) is 14.6 Å². The number of anilines is 1. The minimum absolute atomic E-state index is 0.0969. The normalized spacial score (nSPS) is 15.0. The molecular weight excluding hydrogens is 350 g/mol. The number of amides is 2. The van der Waals surface area contributed by atoms with E-state index >= 15 is 0 Å². The fraction of sp³-hybridized carbons (Fsp3) is 0.435. The van der Waals surface area contributed by atoms with Crippen LogP contribution in [0.25, 0.3) is 0 Å². The van der Waals surface area contributed by atoms with Crippen LogP contribution in [0.15, 0.2) is 36.5 Å². The van der Waals surface area contributed by atoms with Crippen molar-refractivity contribution in [3.8, 4) is 0 Å². The van der Waals surface area contributed by atoms with Crippen LogP contribution in [0.5, 0.6) is 0 Å². The molecule has 148 valence electrons. The predicted octanol–water partition coefficient (Wildman–Crippen LogP) is 4.64. The highest BCUT2D eigenvalue weighted by Crippen LogP contribution is 2.28. The van der Waals surface area contributed by atoms with Crippen LogP contribution >= 0.6 is 0 Å². The van der Waals surface area contributed by atoms with E-state index in [9.17, 15) is 9.59 Å². The van der Waals surface area contributed by atoms with E-state index in [0.29, 0.717) is 23.1 Å². The van der Waals surface area contributed by atoms with E-state index in [1.54, 1.807) is 12.1 Å². The van der Waals surface area contributed by atoms with Gasteiger partial charge in [-0.15, -0.1) is 0 Å². The summed E-state index contributed by atoms with van der Waals surface area (Å²) in [5.41, 5.74) is 3.74. The summed E-state index contributed by atoms with van der Waals surface area (Å²) in [5, 5.41) is 3.04. The Balaban J connectivity index is 1.79. The van der Waals surface area contributed by atoms with Crippen LogP contribution in [0, 0.1) is 12.8 Å². The fourth-order valence-corrected chi connectivity index (χ4v) is 3.59. The third kappa shape index (κ3) is 4.41. The number of aryl methyl sites for hydroxylation is 1. The molecule has 0 unspecified atom stereocenters. The first kappa shape index (κ1) is 20.1. The molecule has 3 rings (SSSR count). The van der Waals surface area contributed by atoms with Gasteiger partial charge < -0.3 is 10.2 Å². The maximum Gasteiger partial charge on any atom is 0.272 e. The van der Waals surface area contributed by atoms with Crippen molar-refractivity contribution in [3.05, 3.63) is 58.9 Å². The second kappa shape index (κ2) is 8.55. The molecule has 1 N–H and O–H groups in total. The number of rotatable bonds is 4. The van der Waals surface area contributed by atoms with E-state index in [2.05, 4.69) is 31.1 Å².